The molecule has 1 spiro atoms. The Hall–Kier alpha value is -1.83. The van der Waals surface area contributed by atoms with Crippen LogP contribution in [0, 0.1) is 0 Å². The summed E-state index contributed by atoms with van der Waals surface area (Å²) in [7, 11) is 3.30. The first-order valence-electron chi connectivity index (χ1n) is 9.85. The van der Waals surface area contributed by atoms with Crippen LogP contribution in [0.5, 0.6) is 11.5 Å². The predicted molar refractivity (Wildman–Crippen MR) is 106 cm³/mol. The number of likely N-dealkylation sites (tertiary alicyclic amines) is 1. The van der Waals surface area contributed by atoms with Crippen LogP contribution < -0.4 is 14.8 Å². The lowest BCUT2D eigenvalue weighted by atomic mass is 9.73. The van der Waals surface area contributed by atoms with Gasteiger partial charge in [0.25, 0.3) is 0 Å². The summed E-state index contributed by atoms with van der Waals surface area (Å²) in [6.07, 6.45) is 1.34. The molecule has 2 aliphatic rings. The molecular formula is C21H32N2O5. The number of rotatable bonds is 5. The monoisotopic (exact) mass is 392 g/mol. The largest absolute Gasteiger partial charge is 0.497 e. The summed E-state index contributed by atoms with van der Waals surface area (Å²) in [4.78, 5) is 13.9. The van der Waals surface area contributed by atoms with Gasteiger partial charge in [-0.1, -0.05) is 0 Å². The zero-order valence-electron chi connectivity index (χ0n) is 17.3. The van der Waals surface area contributed by atoms with Crippen LogP contribution in [0.25, 0.3) is 0 Å². The third kappa shape index (κ3) is 4.26. The molecule has 28 heavy (non-hydrogen) atoms. The Morgan fingerprint density at radius 3 is 2.36 bits per heavy atom. The first kappa shape index (κ1) is 20.9. The Morgan fingerprint density at radius 2 is 1.82 bits per heavy atom. The van der Waals surface area contributed by atoms with Crippen molar-refractivity contribution in [3.63, 3.8) is 0 Å². The molecule has 2 atom stereocenters. The van der Waals surface area contributed by atoms with Crippen molar-refractivity contribution in [2.24, 2.45) is 0 Å². The van der Waals surface area contributed by atoms with Crippen molar-refractivity contribution in [2.45, 2.75) is 56.9 Å². The fraction of sp³-hybridized carbons (Fsp3) is 0.667. The number of nitrogens with zero attached hydrogens (tertiary/aromatic N) is 1. The minimum Gasteiger partial charge on any atom is -0.497 e. The molecule has 7 nitrogen and oxygen atoms in total. The van der Waals surface area contributed by atoms with Gasteiger partial charge in [0.1, 0.15) is 17.6 Å². The van der Waals surface area contributed by atoms with Gasteiger partial charge in [-0.3, -0.25) is 9.69 Å². The topological polar surface area (TPSA) is 80.3 Å². The van der Waals surface area contributed by atoms with E-state index in [9.17, 15) is 9.90 Å². The van der Waals surface area contributed by atoms with Gasteiger partial charge in [-0.05, 0) is 43.9 Å². The van der Waals surface area contributed by atoms with E-state index in [0.29, 0.717) is 13.0 Å². The van der Waals surface area contributed by atoms with Gasteiger partial charge in [0.15, 0.2) is 0 Å². The van der Waals surface area contributed by atoms with Gasteiger partial charge in [0.05, 0.1) is 25.4 Å². The van der Waals surface area contributed by atoms with E-state index in [1.807, 2.05) is 25.1 Å². The molecule has 0 radical (unpaired) electrons. The number of aliphatic hydroxyl groups is 1. The molecule has 0 bridgehead atoms. The van der Waals surface area contributed by atoms with Crippen molar-refractivity contribution in [2.75, 3.05) is 33.9 Å². The van der Waals surface area contributed by atoms with Crippen LogP contribution in [-0.2, 0) is 16.1 Å². The molecule has 0 unspecified atom stereocenters. The maximum Gasteiger partial charge on any atom is 0.217 e. The number of ether oxygens (including phenoxy) is 3. The standard InChI is InChI=1S/C21H32N2O5/c1-15(24)22-20(2)7-10-28-21(19(20)25)5-8-23(9-6-21)14-16-11-17(26-3)13-18(12-16)27-4/h11-13,19,25H,5-10,14H2,1-4H3,(H,22,24)/t19-,20+/m1/s1. The highest BCUT2D eigenvalue weighted by Gasteiger charge is 2.53. The second-order valence-corrected chi connectivity index (χ2v) is 8.16. The highest BCUT2D eigenvalue weighted by atomic mass is 16.5. The summed E-state index contributed by atoms with van der Waals surface area (Å²) in [5.41, 5.74) is -0.120. The second-order valence-electron chi connectivity index (χ2n) is 8.16. The number of methoxy groups -OCH3 is 2. The lowest BCUT2D eigenvalue weighted by Crippen LogP contribution is -2.69. The lowest BCUT2D eigenvalue weighted by molar-refractivity contribution is -0.208. The summed E-state index contributed by atoms with van der Waals surface area (Å²) in [6.45, 7) is 6.35. The fourth-order valence-corrected chi connectivity index (χ4v) is 4.52. The van der Waals surface area contributed by atoms with E-state index in [4.69, 9.17) is 14.2 Å². The summed E-state index contributed by atoms with van der Waals surface area (Å²) in [5.74, 6) is 1.43. The van der Waals surface area contributed by atoms with Crippen LogP contribution >= 0.6 is 0 Å². The first-order chi connectivity index (χ1) is 13.3. The van der Waals surface area contributed by atoms with E-state index in [2.05, 4.69) is 10.2 Å². The van der Waals surface area contributed by atoms with Crippen LogP contribution in [0.2, 0.25) is 0 Å². The van der Waals surface area contributed by atoms with E-state index in [-0.39, 0.29) is 5.91 Å². The zero-order valence-corrected chi connectivity index (χ0v) is 17.3. The molecular weight excluding hydrogens is 360 g/mol. The van der Waals surface area contributed by atoms with Crippen molar-refractivity contribution >= 4 is 5.91 Å². The second kappa shape index (κ2) is 8.27. The molecule has 1 aromatic rings. The fourth-order valence-electron chi connectivity index (χ4n) is 4.52. The molecule has 2 aliphatic heterocycles. The highest BCUT2D eigenvalue weighted by Crippen LogP contribution is 2.40. The smallest absolute Gasteiger partial charge is 0.217 e. The number of aliphatic hydroxyl groups excluding tert-OH is 1. The normalized spacial score (nSPS) is 27.4. The van der Waals surface area contributed by atoms with Crippen LogP contribution in [0.15, 0.2) is 18.2 Å². The third-order valence-corrected chi connectivity index (χ3v) is 6.09. The first-order valence-corrected chi connectivity index (χ1v) is 9.85. The summed E-state index contributed by atoms with van der Waals surface area (Å²) in [5, 5.41) is 14.0. The quantitative estimate of drug-likeness (QED) is 0.794. The molecule has 2 heterocycles. The summed E-state index contributed by atoms with van der Waals surface area (Å²) >= 11 is 0. The molecule has 156 valence electrons. The van der Waals surface area contributed by atoms with Crippen LogP contribution in [-0.4, -0.2) is 67.1 Å². The Morgan fingerprint density at radius 1 is 1.21 bits per heavy atom. The van der Waals surface area contributed by atoms with Gasteiger partial charge in [-0.2, -0.15) is 0 Å². The molecule has 3 rings (SSSR count). The average molecular weight is 392 g/mol. The number of carbonyl (C=O) groups excluding carboxylic acids is 1. The maximum absolute atomic E-state index is 11.6. The van der Waals surface area contributed by atoms with Crippen molar-refractivity contribution < 1.29 is 24.1 Å². The zero-order chi connectivity index (χ0) is 20.4. The number of hydrogen-bond acceptors (Lipinski definition) is 6. The maximum atomic E-state index is 11.6. The highest BCUT2D eigenvalue weighted by molar-refractivity contribution is 5.74. The number of nitrogens with one attached hydrogen (secondary N) is 1. The Kier molecular flexibility index (Phi) is 6.17. The molecule has 0 aliphatic carbocycles. The number of piperidine rings is 1. The molecule has 2 fully saturated rings. The Balaban J connectivity index is 1.66. The van der Waals surface area contributed by atoms with E-state index in [0.717, 1.165) is 49.5 Å². The van der Waals surface area contributed by atoms with Gasteiger partial charge in [-0.25, -0.2) is 0 Å². The molecule has 2 N–H and O–H groups in total. The van der Waals surface area contributed by atoms with Crippen LogP contribution in [0.3, 0.4) is 0 Å². The van der Waals surface area contributed by atoms with Gasteiger partial charge < -0.3 is 24.6 Å². The van der Waals surface area contributed by atoms with E-state index < -0.39 is 17.2 Å². The SMILES string of the molecule is COc1cc(CN2CCC3(CC2)OCC[C@](C)(NC(C)=O)[C@H]3O)cc(OC)c1. The number of hydrogen-bond donors (Lipinski definition) is 2. The third-order valence-electron chi connectivity index (χ3n) is 6.09. The average Bonchev–Trinajstić information content (AvgIpc) is 2.67. The molecule has 1 aromatic carbocycles. The van der Waals surface area contributed by atoms with Gasteiger partial charge >= 0.3 is 0 Å². The molecule has 2 saturated heterocycles. The van der Waals surface area contributed by atoms with Crippen LogP contribution in [0.1, 0.15) is 38.7 Å². The van der Waals surface area contributed by atoms with Crippen molar-refractivity contribution in [3.05, 3.63) is 23.8 Å². The molecule has 1 amide bonds. The Bertz CT molecular complexity index is 680. The van der Waals surface area contributed by atoms with Gasteiger partial charge in [-0.15, -0.1) is 0 Å². The molecule has 0 aromatic heterocycles. The lowest BCUT2D eigenvalue weighted by Gasteiger charge is -2.53. The van der Waals surface area contributed by atoms with E-state index in [1.54, 1.807) is 14.2 Å². The van der Waals surface area contributed by atoms with Crippen molar-refractivity contribution in [1.82, 2.24) is 10.2 Å². The summed E-state index contributed by atoms with van der Waals surface area (Å²) in [6, 6.07) is 5.91. The number of carbonyl (C=O) groups is 1. The van der Waals surface area contributed by atoms with Crippen molar-refractivity contribution in [3.8, 4) is 11.5 Å². The summed E-state index contributed by atoms with van der Waals surface area (Å²) < 4.78 is 16.8. The minimum absolute atomic E-state index is 0.122. The van der Waals surface area contributed by atoms with Gasteiger partial charge in [0.2, 0.25) is 5.91 Å². The minimum atomic E-state index is -0.725. The van der Waals surface area contributed by atoms with Gasteiger partial charge in [0, 0.05) is 39.2 Å². The molecule has 7 heteroatoms. The van der Waals surface area contributed by atoms with E-state index in [1.165, 1.54) is 6.92 Å². The van der Waals surface area contributed by atoms with Crippen molar-refractivity contribution in [1.29, 1.82) is 0 Å². The predicted octanol–water partition coefficient (Wildman–Crippen LogP) is 1.71. The Labute approximate surface area is 166 Å². The molecule has 0 saturated carbocycles. The van der Waals surface area contributed by atoms with E-state index >= 15 is 0 Å². The number of amides is 1. The van der Waals surface area contributed by atoms with Crippen LogP contribution in [0.4, 0.5) is 0 Å². The number of benzene rings is 1.